The fourth-order valence-corrected chi connectivity index (χ4v) is 3.09. The molecule has 0 aliphatic rings. The van der Waals surface area contributed by atoms with E-state index >= 15 is 0 Å². The van der Waals surface area contributed by atoms with E-state index in [9.17, 15) is 4.79 Å². The largest absolute Gasteiger partial charge is 0.416 e. The van der Waals surface area contributed by atoms with Gasteiger partial charge in [0.05, 0.1) is 0 Å². The molecule has 0 unspecified atom stereocenters. The van der Waals surface area contributed by atoms with Crippen LogP contribution in [0.3, 0.4) is 0 Å². The molecule has 1 atom stereocenters. The van der Waals surface area contributed by atoms with Gasteiger partial charge in [0.1, 0.15) is 0 Å². The summed E-state index contributed by atoms with van der Waals surface area (Å²) in [6.45, 7) is 2.14. The third-order valence-electron chi connectivity index (χ3n) is 3.83. The molecule has 124 valence electrons. The topological polar surface area (TPSA) is 60.9 Å². The van der Waals surface area contributed by atoms with Gasteiger partial charge in [-0.3, -0.25) is 4.79 Å². The number of benzene rings is 1. The molecule has 0 spiro atoms. The molecule has 6 heteroatoms. The maximum Gasteiger partial charge on any atom is 0.276 e. The van der Waals surface area contributed by atoms with Crippen molar-refractivity contribution in [3.8, 4) is 0 Å². The van der Waals surface area contributed by atoms with Crippen molar-refractivity contribution in [3.63, 3.8) is 0 Å². The molecule has 5 nitrogen and oxygen atoms in total. The molecule has 3 rings (SSSR count). The van der Waals surface area contributed by atoms with Gasteiger partial charge in [-0.05, 0) is 23.1 Å². The fourth-order valence-electron chi connectivity index (χ4n) is 2.36. The molecular formula is C18H19N3O2S. The Hall–Kier alpha value is -2.34. The summed E-state index contributed by atoms with van der Waals surface area (Å²) in [7, 11) is 1.73. The Morgan fingerprint density at radius 1 is 1.21 bits per heavy atom. The zero-order valence-corrected chi connectivity index (χ0v) is 14.5. The first-order chi connectivity index (χ1) is 11.6. The highest BCUT2D eigenvalue weighted by atomic mass is 32.2. The summed E-state index contributed by atoms with van der Waals surface area (Å²) in [4.78, 5) is 11.6. The Morgan fingerprint density at radius 3 is 2.75 bits per heavy atom. The molecule has 0 saturated carbocycles. The fraction of sp³-hybridized carbons (Fsp3) is 0.278. The van der Waals surface area contributed by atoms with Gasteiger partial charge in [0.25, 0.3) is 10.8 Å². The molecule has 0 N–H and O–H groups in total. The molecule has 0 aliphatic heterocycles. The van der Waals surface area contributed by atoms with Crippen LogP contribution in [0.2, 0.25) is 0 Å². The zero-order chi connectivity index (χ0) is 16.9. The quantitative estimate of drug-likeness (QED) is 0.643. The van der Waals surface area contributed by atoms with Gasteiger partial charge in [0, 0.05) is 31.5 Å². The van der Waals surface area contributed by atoms with Crippen LogP contribution in [0.5, 0.6) is 0 Å². The molecule has 0 bridgehead atoms. The molecule has 1 aromatic carbocycles. The van der Waals surface area contributed by atoms with Gasteiger partial charge in [-0.2, -0.15) is 0 Å². The second-order valence-corrected chi connectivity index (χ2v) is 6.68. The van der Waals surface area contributed by atoms with Crippen LogP contribution in [0.1, 0.15) is 29.9 Å². The monoisotopic (exact) mass is 341 g/mol. The number of rotatable bonds is 6. The van der Waals surface area contributed by atoms with Crippen molar-refractivity contribution in [2.24, 2.45) is 7.05 Å². The number of hydrogen-bond acceptors (Lipinski definition) is 5. The Morgan fingerprint density at radius 2 is 2.00 bits per heavy atom. The molecule has 0 aliphatic carbocycles. The maximum atomic E-state index is 11.6. The average Bonchev–Trinajstić information content (AvgIpc) is 3.04. The molecular weight excluding hydrogens is 322 g/mol. The highest BCUT2D eigenvalue weighted by Crippen LogP contribution is 2.24. The lowest BCUT2D eigenvalue weighted by molar-refractivity contribution is 0.404. The van der Waals surface area contributed by atoms with Crippen molar-refractivity contribution >= 4 is 11.8 Å². The minimum absolute atomic E-state index is 0.0176. The average molecular weight is 341 g/mol. The third-order valence-corrected chi connectivity index (χ3v) is 4.72. The second kappa shape index (κ2) is 7.49. The SMILES string of the molecule is C[C@@H](Cc1nnc(SCc2ccn(C)c(=O)c2)o1)c1ccccc1. The van der Waals surface area contributed by atoms with Gasteiger partial charge in [-0.25, -0.2) is 0 Å². The minimum atomic E-state index is -0.0176. The lowest BCUT2D eigenvalue weighted by Gasteiger charge is -2.08. The first-order valence-electron chi connectivity index (χ1n) is 7.77. The highest BCUT2D eigenvalue weighted by Gasteiger charge is 2.12. The lowest BCUT2D eigenvalue weighted by Crippen LogP contribution is -2.14. The summed E-state index contributed by atoms with van der Waals surface area (Å²) >= 11 is 1.44. The van der Waals surface area contributed by atoms with E-state index in [2.05, 4.69) is 29.3 Å². The molecule has 0 saturated heterocycles. The summed E-state index contributed by atoms with van der Waals surface area (Å²) in [6.07, 6.45) is 2.47. The minimum Gasteiger partial charge on any atom is -0.416 e. The number of hydrogen-bond donors (Lipinski definition) is 0. The van der Waals surface area contributed by atoms with Crippen molar-refractivity contribution < 1.29 is 4.42 Å². The van der Waals surface area contributed by atoms with E-state index < -0.39 is 0 Å². The predicted molar refractivity (Wildman–Crippen MR) is 94.1 cm³/mol. The number of aromatic nitrogens is 3. The van der Waals surface area contributed by atoms with Crippen LogP contribution < -0.4 is 5.56 Å². The number of pyridine rings is 1. The van der Waals surface area contributed by atoms with Crippen LogP contribution in [0.15, 0.2) is 63.1 Å². The molecule has 3 aromatic rings. The van der Waals surface area contributed by atoms with E-state index in [1.807, 2.05) is 24.3 Å². The van der Waals surface area contributed by atoms with Crippen molar-refractivity contribution in [1.29, 1.82) is 0 Å². The van der Waals surface area contributed by atoms with Gasteiger partial charge < -0.3 is 8.98 Å². The standard InChI is InChI=1S/C18H19N3O2S/c1-13(15-6-4-3-5-7-15)10-16-19-20-18(23-16)24-12-14-8-9-21(2)17(22)11-14/h3-9,11,13H,10,12H2,1-2H3/t13-/m0/s1. The van der Waals surface area contributed by atoms with E-state index in [0.29, 0.717) is 29.2 Å². The van der Waals surface area contributed by atoms with Crippen molar-refractivity contribution in [2.75, 3.05) is 0 Å². The number of nitrogens with zero attached hydrogens (tertiary/aromatic N) is 3. The molecule has 0 radical (unpaired) electrons. The van der Waals surface area contributed by atoms with Crippen LogP contribution in [0, 0.1) is 0 Å². The van der Waals surface area contributed by atoms with Gasteiger partial charge in [-0.1, -0.05) is 49.0 Å². The maximum absolute atomic E-state index is 11.6. The van der Waals surface area contributed by atoms with Gasteiger partial charge in [0.2, 0.25) is 5.89 Å². The van der Waals surface area contributed by atoms with E-state index in [4.69, 9.17) is 4.42 Å². The predicted octanol–water partition coefficient (Wildman–Crippen LogP) is 3.41. The normalized spacial score (nSPS) is 12.2. The van der Waals surface area contributed by atoms with E-state index in [-0.39, 0.29) is 5.56 Å². The first kappa shape index (κ1) is 16.5. The van der Waals surface area contributed by atoms with Crippen LogP contribution in [-0.4, -0.2) is 14.8 Å². The first-order valence-corrected chi connectivity index (χ1v) is 8.76. The smallest absolute Gasteiger partial charge is 0.276 e. The summed E-state index contributed by atoms with van der Waals surface area (Å²) in [5.41, 5.74) is 2.18. The van der Waals surface area contributed by atoms with Crippen molar-refractivity contribution in [1.82, 2.24) is 14.8 Å². The van der Waals surface area contributed by atoms with Crippen molar-refractivity contribution in [3.05, 3.63) is 76.0 Å². The summed E-state index contributed by atoms with van der Waals surface area (Å²) < 4.78 is 7.25. The lowest BCUT2D eigenvalue weighted by atomic mass is 9.98. The van der Waals surface area contributed by atoms with E-state index in [0.717, 1.165) is 5.56 Å². The highest BCUT2D eigenvalue weighted by molar-refractivity contribution is 7.98. The van der Waals surface area contributed by atoms with Gasteiger partial charge in [-0.15, -0.1) is 10.2 Å². The second-order valence-electron chi connectivity index (χ2n) is 5.75. The van der Waals surface area contributed by atoms with Gasteiger partial charge in [0.15, 0.2) is 0 Å². The van der Waals surface area contributed by atoms with Crippen LogP contribution in [0.4, 0.5) is 0 Å². The van der Waals surface area contributed by atoms with Crippen LogP contribution >= 0.6 is 11.8 Å². The third kappa shape index (κ3) is 4.14. The van der Waals surface area contributed by atoms with Crippen LogP contribution in [-0.2, 0) is 19.2 Å². The zero-order valence-electron chi connectivity index (χ0n) is 13.7. The van der Waals surface area contributed by atoms with Gasteiger partial charge >= 0.3 is 0 Å². The van der Waals surface area contributed by atoms with E-state index in [1.54, 1.807) is 23.9 Å². The Balaban J connectivity index is 1.59. The van der Waals surface area contributed by atoms with E-state index in [1.165, 1.54) is 17.3 Å². The molecule has 24 heavy (non-hydrogen) atoms. The Kier molecular flexibility index (Phi) is 5.15. The van der Waals surface area contributed by atoms with Crippen molar-refractivity contribution in [2.45, 2.75) is 30.2 Å². The number of thioether (sulfide) groups is 1. The molecule has 0 amide bonds. The summed E-state index contributed by atoms with van der Waals surface area (Å²) in [6, 6.07) is 13.8. The summed E-state index contributed by atoms with van der Waals surface area (Å²) in [5, 5.41) is 8.74. The Labute approximate surface area is 144 Å². The Bertz CT molecular complexity index is 858. The number of aryl methyl sites for hydroxylation is 1. The van der Waals surface area contributed by atoms with Crippen LogP contribution in [0.25, 0.3) is 0 Å². The molecule has 2 heterocycles. The molecule has 2 aromatic heterocycles. The summed E-state index contributed by atoms with van der Waals surface area (Å²) in [5.74, 6) is 1.59. The molecule has 0 fully saturated rings.